The van der Waals surface area contributed by atoms with Gasteiger partial charge in [0.2, 0.25) is 5.13 Å². The van der Waals surface area contributed by atoms with Crippen LogP contribution in [0.15, 0.2) is 22.5 Å². The first-order chi connectivity index (χ1) is 11.7. The number of urea groups is 1. The van der Waals surface area contributed by atoms with E-state index in [0.717, 1.165) is 10.1 Å². The molecule has 1 heterocycles. The quantitative estimate of drug-likeness (QED) is 0.419. The molecule has 1 aromatic heterocycles. The van der Waals surface area contributed by atoms with E-state index in [2.05, 4.69) is 20.8 Å². The molecule has 0 aliphatic heterocycles. The van der Waals surface area contributed by atoms with E-state index in [-0.39, 0.29) is 0 Å². The second kappa shape index (κ2) is 9.30. The fourth-order valence-electron chi connectivity index (χ4n) is 1.70. The van der Waals surface area contributed by atoms with Crippen LogP contribution in [0.25, 0.3) is 0 Å². The van der Waals surface area contributed by atoms with Crippen LogP contribution >= 0.6 is 23.1 Å². The SMILES string of the molecule is COCCSc1nnc(NC(=O)Nc2ccc(OC)c(OC)c2)s1. The molecule has 0 atom stereocenters. The van der Waals surface area contributed by atoms with Gasteiger partial charge in [-0.25, -0.2) is 4.79 Å². The van der Waals surface area contributed by atoms with Crippen molar-refractivity contribution in [3.63, 3.8) is 0 Å². The molecule has 0 spiro atoms. The van der Waals surface area contributed by atoms with Crippen molar-refractivity contribution in [3.05, 3.63) is 18.2 Å². The molecule has 0 aliphatic rings. The Labute approximate surface area is 147 Å². The Kier molecular flexibility index (Phi) is 7.09. The van der Waals surface area contributed by atoms with Gasteiger partial charge in [0.15, 0.2) is 15.8 Å². The summed E-state index contributed by atoms with van der Waals surface area (Å²) >= 11 is 2.83. The Hall–Kier alpha value is -2.04. The van der Waals surface area contributed by atoms with Gasteiger partial charge in [-0.15, -0.1) is 10.2 Å². The summed E-state index contributed by atoms with van der Waals surface area (Å²) in [5.41, 5.74) is 0.573. The number of aromatic nitrogens is 2. The minimum absolute atomic E-state index is 0.410. The molecule has 0 radical (unpaired) electrons. The standard InChI is InChI=1S/C14H18N4O4S2/c1-20-6-7-23-14-18-17-13(24-14)16-12(19)15-9-4-5-10(21-2)11(8-9)22-3/h4-5,8H,6-7H2,1-3H3,(H2,15,16,17,19). The number of hydrogen-bond acceptors (Lipinski definition) is 8. The molecule has 0 bridgehead atoms. The van der Waals surface area contributed by atoms with Crippen LogP contribution in [0.5, 0.6) is 11.5 Å². The van der Waals surface area contributed by atoms with Gasteiger partial charge in [-0.1, -0.05) is 23.1 Å². The Balaban J connectivity index is 1.91. The summed E-state index contributed by atoms with van der Waals surface area (Å²) in [6.45, 7) is 0.632. The molecule has 8 nitrogen and oxygen atoms in total. The van der Waals surface area contributed by atoms with Crippen molar-refractivity contribution in [1.29, 1.82) is 0 Å². The molecular formula is C14H18N4O4S2. The summed E-state index contributed by atoms with van der Waals surface area (Å²) in [7, 11) is 4.73. The van der Waals surface area contributed by atoms with E-state index in [0.29, 0.717) is 28.9 Å². The molecule has 10 heteroatoms. The molecule has 0 aliphatic carbocycles. The molecular weight excluding hydrogens is 352 g/mol. The smallest absolute Gasteiger partial charge is 0.325 e. The molecule has 0 saturated heterocycles. The first kappa shape index (κ1) is 18.3. The zero-order valence-corrected chi connectivity index (χ0v) is 15.1. The van der Waals surface area contributed by atoms with Gasteiger partial charge in [0.25, 0.3) is 0 Å². The summed E-state index contributed by atoms with van der Waals surface area (Å²) in [5, 5.41) is 13.7. The highest BCUT2D eigenvalue weighted by atomic mass is 32.2. The van der Waals surface area contributed by atoms with Crippen LogP contribution in [0.2, 0.25) is 0 Å². The highest BCUT2D eigenvalue weighted by Gasteiger charge is 2.10. The van der Waals surface area contributed by atoms with Crippen molar-refractivity contribution in [2.75, 3.05) is 44.3 Å². The second-order valence-electron chi connectivity index (χ2n) is 4.36. The van der Waals surface area contributed by atoms with Crippen molar-refractivity contribution in [2.24, 2.45) is 0 Å². The number of amides is 2. The van der Waals surface area contributed by atoms with E-state index in [1.807, 2.05) is 0 Å². The second-order valence-corrected chi connectivity index (χ2v) is 6.68. The number of rotatable bonds is 8. The van der Waals surface area contributed by atoms with E-state index < -0.39 is 6.03 Å². The third-order valence-electron chi connectivity index (χ3n) is 2.78. The first-order valence-electron chi connectivity index (χ1n) is 6.91. The number of nitrogens with zero attached hydrogens (tertiary/aromatic N) is 2. The maximum atomic E-state index is 12.0. The van der Waals surface area contributed by atoms with Gasteiger partial charge in [0.1, 0.15) is 0 Å². The van der Waals surface area contributed by atoms with Gasteiger partial charge >= 0.3 is 6.03 Å². The minimum Gasteiger partial charge on any atom is -0.493 e. The van der Waals surface area contributed by atoms with E-state index in [1.54, 1.807) is 32.4 Å². The van der Waals surface area contributed by atoms with Gasteiger partial charge in [-0.3, -0.25) is 5.32 Å². The predicted octanol–water partition coefficient (Wildman–Crippen LogP) is 2.94. The average molecular weight is 370 g/mol. The molecule has 0 fully saturated rings. The third kappa shape index (κ3) is 5.25. The van der Waals surface area contributed by atoms with Crippen molar-refractivity contribution in [1.82, 2.24) is 10.2 Å². The number of benzene rings is 1. The van der Waals surface area contributed by atoms with Crippen LogP contribution in [-0.4, -0.2) is 49.9 Å². The van der Waals surface area contributed by atoms with Crippen molar-refractivity contribution in [3.8, 4) is 11.5 Å². The van der Waals surface area contributed by atoms with Crippen molar-refractivity contribution < 1.29 is 19.0 Å². The Morgan fingerprint density at radius 3 is 2.67 bits per heavy atom. The van der Waals surface area contributed by atoms with E-state index in [9.17, 15) is 4.79 Å². The van der Waals surface area contributed by atoms with Crippen LogP contribution in [0, 0.1) is 0 Å². The number of thioether (sulfide) groups is 1. The van der Waals surface area contributed by atoms with Gasteiger partial charge in [0, 0.05) is 24.6 Å². The van der Waals surface area contributed by atoms with Crippen LogP contribution < -0.4 is 20.1 Å². The zero-order chi connectivity index (χ0) is 17.4. The van der Waals surface area contributed by atoms with Crippen molar-refractivity contribution in [2.45, 2.75) is 4.34 Å². The number of anilines is 2. The molecule has 0 saturated carbocycles. The number of carbonyl (C=O) groups is 1. The number of hydrogen-bond donors (Lipinski definition) is 2. The van der Waals surface area contributed by atoms with Crippen molar-refractivity contribution >= 4 is 39.9 Å². The molecule has 0 unspecified atom stereocenters. The lowest BCUT2D eigenvalue weighted by Gasteiger charge is -2.10. The lowest BCUT2D eigenvalue weighted by atomic mass is 10.3. The van der Waals surface area contributed by atoms with Crippen LogP contribution in [0.3, 0.4) is 0 Å². The minimum atomic E-state index is -0.410. The number of nitrogens with one attached hydrogen (secondary N) is 2. The Morgan fingerprint density at radius 1 is 1.17 bits per heavy atom. The first-order valence-corrected chi connectivity index (χ1v) is 8.71. The van der Waals surface area contributed by atoms with Crippen LogP contribution in [0.1, 0.15) is 0 Å². The normalized spacial score (nSPS) is 10.3. The average Bonchev–Trinajstić information content (AvgIpc) is 3.02. The lowest BCUT2D eigenvalue weighted by Crippen LogP contribution is -2.19. The molecule has 130 valence electrons. The summed E-state index contributed by atoms with van der Waals surface area (Å²) in [6.07, 6.45) is 0. The van der Waals surface area contributed by atoms with Gasteiger partial charge in [-0.05, 0) is 12.1 Å². The fourth-order valence-corrected chi connectivity index (χ4v) is 3.42. The van der Waals surface area contributed by atoms with E-state index in [4.69, 9.17) is 14.2 Å². The number of carbonyl (C=O) groups excluding carboxylic acids is 1. The molecule has 1 aromatic carbocycles. The summed E-state index contributed by atoms with van der Waals surface area (Å²) in [4.78, 5) is 12.0. The number of ether oxygens (including phenoxy) is 3. The molecule has 2 N–H and O–H groups in total. The molecule has 24 heavy (non-hydrogen) atoms. The maximum Gasteiger partial charge on any atom is 0.325 e. The highest BCUT2D eigenvalue weighted by molar-refractivity contribution is 8.01. The van der Waals surface area contributed by atoms with Gasteiger partial charge in [-0.2, -0.15) is 0 Å². The molecule has 2 rings (SSSR count). The Morgan fingerprint density at radius 2 is 1.96 bits per heavy atom. The fraction of sp³-hybridized carbons (Fsp3) is 0.357. The highest BCUT2D eigenvalue weighted by Crippen LogP contribution is 2.30. The predicted molar refractivity (Wildman–Crippen MR) is 94.7 cm³/mol. The lowest BCUT2D eigenvalue weighted by molar-refractivity contribution is 0.218. The zero-order valence-electron chi connectivity index (χ0n) is 13.5. The third-order valence-corrected chi connectivity index (χ3v) is 4.72. The summed E-state index contributed by atoms with van der Waals surface area (Å²) < 4.78 is 16.1. The van der Waals surface area contributed by atoms with E-state index in [1.165, 1.54) is 30.2 Å². The van der Waals surface area contributed by atoms with Crippen LogP contribution in [0.4, 0.5) is 15.6 Å². The van der Waals surface area contributed by atoms with E-state index >= 15 is 0 Å². The Bertz CT molecular complexity index is 681. The monoisotopic (exact) mass is 370 g/mol. The summed E-state index contributed by atoms with van der Waals surface area (Å²) in [5.74, 6) is 1.90. The van der Waals surface area contributed by atoms with Gasteiger partial charge in [0.05, 0.1) is 20.8 Å². The maximum absolute atomic E-state index is 12.0. The molecule has 2 amide bonds. The topological polar surface area (TPSA) is 94.6 Å². The summed E-state index contributed by atoms with van der Waals surface area (Å²) in [6, 6.07) is 4.69. The number of methoxy groups -OCH3 is 3. The van der Waals surface area contributed by atoms with Gasteiger partial charge < -0.3 is 19.5 Å². The largest absolute Gasteiger partial charge is 0.493 e. The van der Waals surface area contributed by atoms with Crippen LogP contribution in [-0.2, 0) is 4.74 Å². The molecule has 2 aromatic rings.